The van der Waals surface area contributed by atoms with Crippen LogP contribution in [0.4, 0.5) is 5.00 Å². The largest absolute Gasteiger partial charge is 0.390 e. The summed E-state index contributed by atoms with van der Waals surface area (Å²) in [6.45, 7) is 7.37. The minimum atomic E-state index is 0.858. The second kappa shape index (κ2) is 5.46. The van der Waals surface area contributed by atoms with Crippen LogP contribution in [0, 0.1) is 13.8 Å². The molecule has 3 nitrogen and oxygen atoms in total. The molecule has 3 aromatic rings. The van der Waals surface area contributed by atoms with Crippen molar-refractivity contribution in [2.24, 2.45) is 0 Å². The number of aromatic nitrogens is 2. The lowest BCUT2D eigenvalue weighted by atomic mass is 10.1. The van der Waals surface area contributed by atoms with Gasteiger partial charge in [-0.3, -0.25) is 0 Å². The van der Waals surface area contributed by atoms with Gasteiger partial charge in [0.2, 0.25) is 0 Å². The van der Waals surface area contributed by atoms with Gasteiger partial charge in [0.05, 0.1) is 21.6 Å². The molecule has 21 heavy (non-hydrogen) atoms. The number of nitrogens with two attached hydrogens (primary N) is 1. The van der Waals surface area contributed by atoms with E-state index in [-0.39, 0.29) is 0 Å². The summed E-state index contributed by atoms with van der Waals surface area (Å²) >= 11 is 5.17. The summed E-state index contributed by atoms with van der Waals surface area (Å²) in [5.74, 6) is 0.990. The van der Waals surface area contributed by atoms with E-state index in [1.807, 2.05) is 0 Å². The van der Waals surface area contributed by atoms with Gasteiger partial charge in [-0.05, 0) is 44.0 Å². The predicted octanol–water partition coefficient (Wildman–Crippen LogP) is 5.14. The third-order valence-corrected chi connectivity index (χ3v) is 5.32. The number of thiophene rings is 1. The summed E-state index contributed by atoms with van der Waals surface area (Å²) in [6, 6.07) is 6.25. The maximum Gasteiger partial charge on any atom is 0.144 e. The van der Waals surface area contributed by atoms with E-state index in [9.17, 15) is 0 Å². The van der Waals surface area contributed by atoms with Crippen LogP contribution in [0.5, 0.6) is 0 Å². The summed E-state index contributed by atoms with van der Waals surface area (Å²) in [5, 5.41) is 0.858. The molecule has 110 valence electrons. The van der Waals surface area contributed by atoms with Gasteiger partial charge in [-0.1, -0.05) is 22.9 Å². The van der Waals surface area contributed by atoms with Crippen molar-refractivity contribution in [2.75, 3.05) is 5.73 Å². The van der Waals surface area contributed by atoms with Gasteiger partial charge in [0, 0.05) is 15.9 Å². The Hall–Kier alpha value is -1.33. The molecule has 0 fully saturated rings. The van der Waals surface area contributed by atoms with Crippen LogP contribution >= 0.6 is 27.3 Å². The highest BCUT2D eigenvalue weighted by atomic mass is 79.9. The number of benzene rings is 1. The fourth-order valence-corrected chi connectivity index (χ4v) is 3.96. The third-order valence-electron chi connectivity index (χ3n) is 3.79. The summed E-state index contributed by atoms with van der Waals surface area (Å²) in [6.07, 6.45) is 1.07. The van der Waals surface area contributed by atoms with Crippen LogP contribution in [0.1, 0.15) is 23.8 Å². The van der Waals surface area contributed by atoms with Crippen molar-refractivity contribution in [1.82, 2.24) is 9.55 Å². The van der Waals surface area contributed by atoms with Crippen LogP contribution in [0.25, 0.3) is 22.4 Å². The molecule has 0 radical (unpaired) electrons. The number of rotatable bonds is 3. The van der Waals surface area contributed by atoms with E-state index >= 15 is 0 Å². The van der Waals surface area contributed by atoms with Crippen molar-refractivity contribution in [2.45, 2.75) is 33.7 Å². The van der Waals surface area contributed by atoms with Crippen molar-refractivity contribution in [3.8, 4) is 11.4 Å². The van der Waals surface area contributed by atoms with E-state index < -0.39 is 0 Å². The topological polar surface area (TPSA) is 43.8 Å². The summed E-state index contributed by atoms with van der Waals surface area (Å²) in [5.41, 5.74) is 10.8. The first-order chi connectivity index (χ1) is 10.0. The van der Waals surface area contributed by atoms with Gasteiger partial charge in [0.1, 0.15) is 5.82 Å². The smallest absolute Gasteiger partial charge is 0.144 e. The SMILES string of the molecule is CCCn1c(-c2c(N)sc(C)c2C)nc2cc(Br)ccc21. The van der Waals surface area contributed by atoms with Crippen LogP contribution < -0.4 is 5.73 Å². The molecule has 0 amide bonds. The normalized spacial score (nSPS) is 11.4. The Morgan fingerprint density at radius 3 is 2.71 bits per heavy atom. The molecule has 0 aliphatic rings. The van der Waals surface area contributed by atoms with E-state index in [0.717, 1.165) is 44.9 Å². The lowest BCUT2D eigenvalue weighted by molar-refractivity contribution is 0.704. The summed E-state index contributed by atoms with van der Waals surface area (Å²) in [7, 11) is 0. The highest BCUT2D eigenvalue weighted by Crippen LogP contribution is 2.39. The molecular formula is C16H18BrN3S. The predicted molar refractivity (Wildman–Crippen MR) is 94.9 cm³/mol. The lowest BCUT2D eigenvalue weighted by Gasteiger charge is -2.08. The Balaban J connectivity index is 2.33. The Bertz CT molecular complexity index is 817. The zero-order valence-electron chi connectivity index (χ0n) is 12.4. The van der Waals surface area contributed by atoms with Gasteiger partial charge >= 0.3 is 0 Å². The molecule has 2 heterocycles. The van der Waals surface area contributed by atoms with Crippen molar-refractivity contribution in [1.29, 1.82) is 0 Å². The standard InChI is InChI=1S/C16H18BrN3S/c1-4-7-20-13-6-5-11(17)8-12(13)19-16(20)14-9(2)10(3)21-15(14)18/h5-6,8H,4,7,18H2,1-3H3. The molecule has 3 rings (SSSR count). The number of anilines is 1. The molecule has 0 spiro atoms. The molecule has 0 atom stereocenters. The van der Waals surface area contributed by atoms with Gasteiger partial charge in [0.25, 0.3) is 0 Å². The fraction of sp³-hybridized carbons (Fsp3) is 0.312. The fourth-order valence-electron chi connectivity index (χ4n) is 2.67. The Kier molecular flexibility index (Phi) is 3.80. The van der Waals surface area contributed by atoms with Crippen LogP contribution in [-0.4, -0.2) is 9.55 Å². The number of hydrogen-bond donors (Lipinski definition) is 1. The quantitative estimate of drug-likeness (QED) is 0.700. The number of imidazole rings is 1. The van der Waals surface area contributed by atoms with Crippen molar-refractivity contribution >= 4 is 43.3 Å². The average molecular weight is 364 g/mol. The minimum absolute atomic E-state index is 0.858. The first kappa shape index (κ1) is 14.6. The Labute approximate surface area is 136 Å². The van der Waals surface area contributed by atoms with Gasteiger partial charge in [0.15, 0.2) is 0 Å². The van der Waals surface area contributed by atoms with Crippen LogP contribution in [0.2, 0.25) is 0 Å². The number of halogens is 1. The molecule has 0 aliphatic carbocycles. The van der Waals surface area contributed by atoms with Crippen LogP contribution in [0.3, 0.4) is 0 Å². The Morgan fingerprint density at radius 1 is 1.33 bits per heavy atom. The molecule has 0 unspecified atom stereocenters. The van der Waals surface area contributed by atoms with Gasteiger partial charge in [-0.15, -0.1) is 11.3 Å². The molecule has 0 saturated heterocycles. The molecule has 0 bridgehead atoms. The van der Waals surface area contributed by atoms with Gasteiger partial charge < -0.3 is 10.3 Å². The van der Waals surface area contributed by atoms with Crippen LogP contribution in [-0.2, 0) is 6.54 Å². The van der Waals surface area contributed by atoms with Gasteiger partial charge in [-0.25, -0.2) is 4.98 Å². The highest BCUT2D eigenvalue weighted by Gasteiger charge is 2.19. The lowest BCUT2D eigenvalue weighted by Crippen LogP contribution is -2.01. The number of nitrogens with zero attached hydrogens (tertiary/aromatic N) is 2. The molecular weight excluding hydrogens is 346 g/mol. The summed E-state index contributed by atoms with van der Waals surface area (Å²) < 4.78 is 3.33. The minimum Gasteiger partial charge on any atom is -0.390 e. The van der Waals surface area contributed by atoms with Crippen LogP contribution in [0.15, 0.2) is 22.7 Å². The van der Waals surface area contributed by atoms with E-state index in [0.29, 0.717) is 0 Å². The maximum absolute atomic E-state index is 6.25. The number of nitrogen functional groups attached to an aromatic ring is 1. The molecule has 1 aromatic carbocycles. The number of fused-ring (bicyclic) bond motifs is 1. The van der Waals surface area contributed by atoms with Gasteiger partial charge in [-0.2, -0.15) is 0 Å². The van der Waals surface area contributed by atoms with E-state index in [2.05, 4.69) is 59.5 Å². The highest BCUT2D eigenvalue weighted by molar-refractivity contribution is 9.10. The molecule has 0 aliphatic heterocycles. The maximum atomic E-state index is 6.25. The number of aryl methyl sites for hydroxylation is 2. The first-order valence-corrected chi connectivity index (χ1v) is 8.65. The monoisotopic (exact) mass is 363 g/mol. The zero-order chi connectivity index (χ0) is 15.1. The zero-order valence-corrected chi connectivity index (χ0v) is 14.8. The summed E-state index contributed by atoms with van der Waals surface area (Å²) in [4.78, 5) is 6.12. The third kappa shape index (κ3) is 2.38. The molecule has 2 aromatic heterocycles. The van der Waals surface area contributed by atoms with Crippen molar-refractivity contribution in [3.05, 3.63) is 33.1 Å². The van der Waals surface area contributed by atoms with E-state index in [4.69, 9.17) is 10.7 Å². The second-order valence-electron chi connectivity index (χ2n) is 5.24. The molecule has 0 saturated carbocycles. The van der Waals surface area contributed by atoms with E-state index in [1.165, 1.54) is 10.4 Å². The second-order valence-corrected chi connectivity index (χ2v) is 7.41. The van der Waals surface area contributed by atoms with E-state index in [1.54, 1.807) is 11.3 Å². The molecule has 2 N–H and O–H groups in total. The van der Waals surface area contributed by atoms with Crippen molar-refractivity contribution in [3.63, 3.8) is 0 Å². The molecule has 5 heteroatoms. The Morgan fingerprint density at radius 2 is 2.10 bits per heavy atom. The van der Waals surface area contributed by atoms with Crippen molar-refractivity contribution < 1.29 is 0 Å². The number of hydrogen-bond acceptors (Lipinski definition) is 3. The first-order valence-electron chi connectivity index (χ1n) is 7.04. The average Bonchev–Trinajstić information content (AvgIpc) is 2.88.